The summed E-state index contributed by atoms with van der Waals surface area (Å²) in [4.78, 5) is 24.7. The average molecular weight is 376 g/mol. The Morgan fingerprint density at radius 1 is 0.893 bits per heavy atom. The second-order valence-corrected chi connectivity index (χ2v) is 6.58. The molecule has 3 rings (SSSR count). The quantitative estimate of drug-likeness (QED) is 0.424. The molecule has 0 bridgehead atoms. The molecule has 4 heteroatoms. The number of carbonyl (C=O) groups is 2. The molecule has 0 aliphatic heterocycles. The zero-order chi connectivity index (χ0) is 19.9. The van der Waals surface area contributed by atoms with Gasteiger partial charge in [-0.05, 0) is 47.9 Å². The summed E-state index contributed by atoms with van der Waals surface area (Å²) in [5.41, 5.74) is 2.33. The van der Waals surface area contributed by atoms with Crippen LogP contribution in [0.25, 0.3) is 10.8 Å². The Morgan fingerprint density at radius 2 is 1.64 bits per heavy atom. The zero-order valence-electron chi connectivity index (χ0n) is 16.2. The van der Waals surface area contributed by atoms with Crippen molar-refractivity contribution in [1.82, 2.24) is 0 Å². The molecule has 3 aromatic rings. The van der Waals surface area contributed by atoms with E-state index < -0.39 is 5.97 Å². The van der Waals surface area contributed by atoms with Crippen molar-refractivity contribution >= 4 is 22.7 Å². The van der Waals surface area contributed by atoms with Crippen molar-refractivity contribution in [3.8, 4) is 5.75 Å². The fourth-order valence-electron chi connectivity index (χ4n) is 3.21. The first-order valence-corrected chi connectivity index (χ1v) is 9.59. The number of esters is 2. The van der Waals surface area contributed by atoms with Crippen LogP contribution >= 0.6 is 0 Å². The largest absolute Gasteiger partial charge is 0.466 e. The van der Waals surface area contributed by atoms with E-state index in [1.54, 1.807) is 25.1 Å². The average Bonchev–Trinajstić information content (AvgIpc) is 2.70. The van der Waals surface area contributed by atoms with Crippen molar-refractivity contribution in [3.63, 3.8) is 0 Å². The maximum absolute atomic E-state index is 12.6. The molecule has 0 aliphatic carbocycles. The van der Waals surface area contributed by atoms with Gasteiger partial charge in [-0.3, -0.25) is 4.79 Å². The fourth-order valence-corrected chi connectivity index (χ4v) is 3.21. The third-order valence-electron chi connectivity index (χ3n) is 4.56. The summed E-state index contributed by atoms with van der Waals surface area (Å²) in [5.74, 6) is -0.405. The number of fused-ring (bicyclic) bond motifs is 1. The molecule has 0 saturated carbocycles. The molecule has 0 atom stereocenters. The second kappa shape index (κ2) is 9.18. The molecule has 0 spiro atoms. The van der Waals surface area contributed by atoms with Crippen LogP contribution < -0.4 is 4.74 Å². The fraction of sp³-hybridized carbons (Fsp3) is 0.250. The van der Waals surface area contributed by atoms with Crippen LogP contribution in [0.5, 0.6) is 5.75 Å². The smallest absolute Gasteiger partial charge is 0.343 e. The number of rotatable bonds is 7. The number of aryl methyl sites for hydroxylation is 1. The van der Waals surface area contributed by atoms with E-state index in [0.29, 0.717) is 23.5 Å². The Morgan fingerprint density at radius 3 is 2.36 bits per heavy atom. The van der Waals surface area contributed by atoms with Crippen LogP contribution in [0.2, 0.25) is 0 Å². The van der Waals surface area contributed by atoms with Gasteiger partial charge in [0.1, 0.15) is 5.75 Å². The maximum atomic E-state index is 12.6. The van der Waals surface area contributed by atoms with Gasteiger partial charge in [-0.15, -0.1) is 0 Å². The topological polar surface area (TPSA) is 52.6 Å². The zero-order valence-corrected chi connectivity index (χ0v) is 16.2. The lowest BCUT2D eigenvalue weighted by molar-refractivity contribution is -0.142. The van der Waals surface area contributed by atoms with Gasteiger partial charge in [-0.2, -0.15) is 0 Å². The molecule has 0 amide bonds. The van der Waals surface area contributed by atoms with Crippen LogP contribution in [0, 0.1) is 0 Å². The Bertz CT molecular complexity index is 974. The van der Waals surface area contributed by atoms with Crippen molar-refractivity contribution in [2.24, 2.45) is 0 Å². The minimum Gasteiger partial charge on any atom is -0.466 e. The number of carbonyl (C=O) groups excluding carboxylic acids is 2. The third-order valence-corrected chi connectivity index (χ3v) is 4.56. The van der Waals surface area contributed by atoms with Crippen molar-refractivity contribution < 1.29 is 19.1 Å². The van der Waals surface area contributed by atoms with Gasteiger partial charge in [0, 0.05) is 5.56 Å². The maximum Gasteiger partial charge on any atom is 0.343 e. The van der Waals surface area contributed by atoms with E-state index in [1.165, 1.54) is 5.56 Å². The van der Waals surface area contributed by atoms with E-state index in [4.69, 9.17) is 9.47 Å². The highest BCUT2D eigenvalue weighted by molar-refractivity contribution is 5.95. The molecule has 0 aliphatic rings. The van der Waals surface area contributed by atoms with Gasteiger partial charge in [-0.1, -0.05) is 55.8 Å². The number of ether oxygens (including phenoxy) is 2. The van der Waals surface area contributed by atoms with Crippen LogP contribution in [0.3, 0.4) is 0 Å². The molecule has 0 fully saturated rings. The van der Waals surface area contributed by atoms with Gasteiger partial charge in [0.05, 0.1) is 18.6 Å². The van der Waals surface area contributed by atoms with Gasteiger partial charge in [0.2, 0.25) is 0 Å². The molecule has 28 heavy (non-hydrogen) atoms. The molecule has 0 aromatic heterocycles. The molecule has 0 saturated heterocycles. The first-order valence-electron chi connectivity index (χ1n) is 9.59. The second-order valence-electron chi connectivity index (χ2n) is 6.58. The predicted molar refractivity (Wildman–Crippen MR) is 110 cm³/mol. The monoisotopic (exact) mass is 376 g/mol. The summed E-state index contributed by atoms with van der Waals surface area (Å²) < 4.78 is 10.8. The summed E-state index contributed by atoms with van der Waals surface area (Å²) in [5, 5.41) is 1.85. The normalized spacial score (nSPS) is 10.6. The van der Waals surface area contributed by atoms with Crippen molar-refractivity contribution in [1.29, 1.82) is 0 Å². The lowest BCUT2D eigenvalue weighted by atomic mass is 10.0. The summed E-state index contributed by atoms with van der Waals surface area (Å²) in [6, 6.07) is 18.8. The first-order chi connectivity index (χ1) is 13.6. The van der Waals surface area contributed by atoms with Crippen LogP contribution in [0.4, 0.5) is 0 Å². The molecule has 0 heterocycles. The van der Waals surface area contributed by atoms with Crippen molar-refractivity contribution in [2.45, 2.75) is 33.1 Å². The molecular weight excluding hydrogens is 352 g/mol. The number of hydrogen-bond donors (Lipinski definition) is 0. The Labute approximate surface area is 165 Å². The van der Waals surface area contributed by atoms with Gasteiger partial charge < -0.3 is 9.47 Å². The number of hydrogen-bond acceptors (Lipinski definition) is 4. The van der Waals surface area contributed by atoms with Crippen LogP contribution in [0.1, 0.15) is 41.8 Å². The van der Waals surface area contributed by atoms with Gasteiger partial charge in [0.25, 0.3) is 0 Å². The van der Waals surface area contributed by atoms with Gasteiger partial charge in [0.15, 0.2) is 0 Å². The number of benzene rings is 3. The highest BCUT2D eigenvalue weighted by Gasteiger charge is 2.17. The van der Waals surface area contributed by atoms with E-state index in [0.717, 1.165) is 23.6 Å². The summed E-state index contributed by atoms with van der Waals surface area (Å²) in [6.45, 7) is 4.19. The predicted octanol–water partition coefficient (Wildman–Crippen LogP) is 5.12. The van der Waals surface area contributed by atoms with E-state index in [9.17, 15) is 9.59 Å². The van der Waals surface area contributed by atoms with Gasteiger partial charge in [-0.25, -0.2) is 4.79 Å². The molecule has 0 N–H and O–H groups in total. The Balaban J connectivity index is 1.90. The molecule has 0 unspecified atom stereocenters. The van der Waals surface area contributed by atoms with E-state index in [1.807, 2.05) is 42.5 Å². The summed E-state index contributed by atoms with van der Waals surface area (Å²) in [6.07, 6.45) is 2.08. The van der Waals surface area contributed by atoms with E-state index in [-0.39, 0.29) is 12.4 Å². The SMILES string of the molecule is CCCc1ccc(C(=O)Oc2ccc3ccccc3c2CC(=O)OCC)cc1. The first kappa shape index (κ1) is 19.6. The minimum absolute atomic E-state index is 0.0489. The Kier molecular flexibility index (Phi) is 6.43. The van der Waals surface area contributed by atoms with E-state index in [2.05, 4.69) is 6.92 Å². The summed E-state index contributed by atoms with van der Waals surface area (Å²) in [7, 11) is 0. The van der Waals surface area contributed by atoms with Gasteiger partial charge >= 0.3 is 11.9 Å². The molecule has 4 nitrogen and oxygen atoms in total. The Hall–Kier alpha value is -3.14. The summed E-state index contributed by atoms with van der Waals surface area (Å²) >= 11 is 0. The molecular formula is C24H24O4. The van der Waals surface area contributed by atoms with Crippen molar-refractivity contribution in [2.75, 3.05) is 6.61 Å². The van der Waals surface area contributed by atoms with E-state index >= 15 is 0 Å². The highest BCUT2D eigenvalue weighted by atomic mass is 16.5. The van der Waals surface area contributed by atoms with Crippen LogP contribution in [0.15, 0.2) is 60.7 Å². The van der Waals surface area contributed by atoms with Crippen LogP contribution in [-0.2, 0) is 22.4 Å². The molecule has 0 radical (unpaired) electrons. The molecule has 144 valence electrons. The standard InChI is InChI=1S/C24H24O4/c1-3-7-17-10-12-19(13-11-17)24(26)28-22-15-14-18-8-5-6-9-20(18)21(22)16-23(25)27-4-2/h5-6,8-15H,3-4,7,16H2,1-2H3. The lowest BCUT2D eigenvalue weighted by Crippen LogP contribution is -2.13. The highest BCUT2D eigenvalue weighted by Crippen LogP contribution is 2.29. The van der Waals surface area contributed by atoms with Crippen LogP contribution in [-0.4, -0.2) is 18.5 Å². The third kappa shape index (κ3) is 4.58. The lowest BCUT2D eigenvalue weighted by Gasteiger charge is -2.13. The minimum atomic E-state index is -0.441. The van der Waals surface area contributed by atoms with Crippen molar-refractivity contribution in [3.05, 3.63) is 77.4 Å². The molecule has 3 aromatic carbocycles.